The minimum absolute atomic E-state index is 0.0298. The first kappa shape index (κ1) is 15.5. The molecule has 1 atom stereocenters. The van der Waals surface area contributed by atoms with Gasteiger partial charge in [-0.2, -0.15) is 5.10 Å². The predicted octanol–water partition coefficient (Wildman–Crippen LogP) is 0.828. The highest BCUT2D eigenvalue weighted by Gasteiger charge is 2.30. The predicted molar refractivity (Wildman–Crippen MR) is 79.3 cm³/mol. The Morgan fingerprint density at radius 1 is 1.60 bits per heavy atom. The number of ether oxygens (including phenoxy) is 1. The molecule has 2 heterocycles. The van der Waals surface area contributed by atoms with Gasteiger partial charge in [0.25, 0.3) is 0 Å². The van der Waals surface area contributed by atoms with Crippen LogP contribution in [0.3, 0.4) is 0 Å². The molecule has 0 aliphatic carbocycles. The topological polar surface area (TPSA) is 59.4 Å². The van der Waals surface area contributed by atoms with Crippen LogP contribution in [-0.4, -0.2) is 52.9 Å². The first-order valence-electron chi connectivity index (χ1n) is 6.82. The normalized spacial score (nSPS) is 20.1. The number of rotatable bonds is 4. The van der Waals surface area contributed by atoms with Crippen molar-refractivity contribution in [1.82, 2.24) is 20.0 Å². The van der Waals surface area contributed by atoms with E-state index in [0.29, 0.717) is 26.3 Å². The molecular formula is C13H21BrN4O2. The standard InChI is InChI=1S/C13H21BrN4O2/c1-4-15-13(19)11-8-20-6-5-18(11)7-10-12(14)9(2)16-17(10)3/h11H,4-8H2,1-3H3,(H,15,19). The van der Waals surface area contributed by atoms with Crippen molar-refractivity contribution in [3.05, 3.63) is 15.9 Å². The molecule has 1 fully saturated rings. The number of carbonyl (C=O) groups excluding carboxylic acids is 1. The van der Waals surface area contributed by atoms with Crippen LogP contribution in [0.5, 0.6) is 0 Å². The third-order valence-corrected chi connectivity index (χ3v) is 4.54. The van der Waals surface area contributed by atoms with Crippen molar-refractivity contribution in [2.45, 2.75) is 26.4 Å². The molecule has 6 nitrogen and oxygen atoms in total. The molecule has 1 aromatic heterocycles. The molecule has 2 rings (SSSR count). The summed E-state index contributed by atoms with van der Waals surface area (Å²) in [5, 5.41) is 7.26. The third kappa shape index (κ3) is 3.21. The van der Waals surface area contributed by atoms with Crippen molar-refractivity contribution in [2.75, 3.05) is 26.3 Å². The fourth-order valence-electron chi connectivity index (χ4n) is 2.41. The minimum Gasteiger partial charge on any atom is -0.378 e. The number of amides is 1. The highest BCUT2D eigenvalue weighted by atomic mass is 79.9. The number of hydrogen-bond acceptors (Lipinski definition) is 4. The second-order valence-electron chi connectivity index (χ2n) is 4.93. The lowest BCUT2D eigenvalue weighted by Gasteiger charge is -2.34. The average molecular weight is 345 g/mol. The van der Waals surface area contributed by atoms with Crippen LogP contribution in [0, 0.1) is 6.92 Å². The molecule has 0 bridgehead atoms. The van der Waals surface area contributed by atoms with Gasteiger partial charge in [-0.1, -0.05) is 0 Å². The maximum atomic E-state index is 12.1. The van der Waals surface area contributed by atoms with Crippen LogP contribution in [0.25, 0.3) is 0 Å². The van der Waals surface area contributed by atoms with Crippen molar-refractivity contribution in [3.63, 3.8) is 0 Å². The second-order valence-corrected chi connectivity index (χ2v) is 5.72. The molecule has 0 spiro atoms. The van der Waals surface area contributed by atoms with Crippen LogP contribution in [0.1, 0.15) is 18.3 Å². The van der Waals surface area contributed by atoms with Gasteiger partial charge < -0.3 is 10.1 Å². The van der Waals surface area contributed by atoms with Crippen molar-refractivity contribution in [1.29, 1.82) is 0 Å². The smallest absolute Gasteiger partial charge is 0.239 e. The van der Waals surface area contributed by atoms with Gasteiger partial charge in [-0.05, 0) is 29.8 Å². The van der Waals surface area contributed by atoms with Gasteiger partial charge in [0, 0.05) is 26.7 Å². The van der Waals surface area contributed by atoms with Gasteiger partial charge in [-0.3, -0.25) is 14.4 Å². The van der Waals surface area contributed by atoms with E-state index >= 15 is 0 Å². The number of hydrogen-bond donors (Lipinski definition) is 1. The molecule has 1 aliphatic rings. The summed E-state index contributed by atoms with van der Waals surface area (Å²) in [5.74, 6) is 0.0298. The molecule has 20 heavy (non-hydrogen) atoms. The van der Waals surface area contributed by atoms with Gasteiger partial charge in [-0.15, -0.1) is 0 Å². The summed E-state index contributed by atoms with van der Waals surface area (Å²) in [6.07, 6.45) is 0. The molecular weight excluding hydrogens is 324 g/mol. The molecule has 1 amide bonds. The zero-order valence-corrected chi connectivity index (χ0v) is 13.7. The highest BCUT2D eigenvalue weighted by Crippen LogP contribution is 2.23. The molecule has 7 heteroatoms. The van der Waals surface area contributed by atoms with Gasteiger partial charge in [0.15, 0.2) is 0 Å². The molecule has 1 saturated heterocycles. The number of halogens is 1. The Morgan fingerprint density at radius 3 is 2.95 bits per heavy atom. The summed E-state index contributed by atoms with van der Waals surface area (Å²) < 4.78 is 8.33. The number of nitrogens with zero attached hydrogens (tertiary/aromatic N) is 3. The Balaban J connectivity index is 2.14. The zero-order chi connectivity index (χ0) is 14.7. The average Bonchev–Trinajstić information content (AvgIpc) is 2.66. The Morgan fingerprint density at radius 2 is 2.35 bits per heavy atom. The Bertz CT molecular complexity index is 489. The van der Waals surface area contributed by atoms with Crippen molar-refractivity contribution < 1.29 is 9.53 Å². The van der Waals surface area contributed by atoms with E-state index in [9.17, 15) is 4.79 Å². The van der Waals surface area contributed by atoms with E-state index in [4.69, 9.17) is 4.74 Å². The lowest BCUT2D eigenvalue weighted by atomic mass is 10.2. The van der Waals surface area contributed by atoms with E-state index in [1.54, 1.807) is 0 Å². The molecule has 0 aromatic carbocycles. The number of aryl methyl sites for hydroxylation is 2. The lowest BCUT2D eigenvalue weighted by molar-refractivity contribution is -0.132. The van der Waals surface area contributed by atoms with E-state index in [2.05, 4.69) is 31.2 Å². The van der Waals surface area contributed by atoms with Crippen LogP contribution >= 0.6 is 15.9 Å². The van der Waals surface area contributed by atoms with Crippen molar-refractivity contribution >= 4 is 21.8 Å². The monoisotopic (exact) mass is 344 g/mol. The van der Waals surface area contributed by atoms with Crippen LogP contribution in [0.4, 0.5) is 0 Å². The van der Waals surface area contributed by atoms with Crippen LogP contribution in [0.2, 0.25) is 0 Å². The van der Waals surface area contributed by atoms with Gasteiger partial charge in [0.2, 0.25) is 5.91 Å². The second kappa shape index (κ2) is 6.69. The van der Waals surface area contributed by atoms with E-state index in [0.717, 1.165) is 22.4 Å². The Labute approximate surface area is 127 Å². The summed E-state index contributed by atoms with van der Waals surface area (Å²) in [6, 6.07) is -0.231. The molecule has 0 radical (unpaired) electrons. The van der Waals surface area contributed by atoms with Crippen LogP contribution in [-0.2, 0) is 23.1 Å². The van der Waals surface area contributed by atoms with E-state index in [1.165, 1.54) is 0 Å². The third-order valence-electron chi connectivity index (χ3n) is 3.51. The summed E-state index contributed by atoms with van der Waals surface area (Å²) >= 11 is 3.57. The maximum absolute atomic E-state index is 12.1. The highest BCUT2D eigenvalue weighted by molar-refractivity contribution is 9.10. The number of carbonyl (C=O) groups is 1. The van der Waals surface area contributed by atoms with Crippen molar-refractivity contribution in [2.24, 2.45) is 7.05 Å². The van der Waals surface area contributed by atoms with E-state index in [1.807, 2.05) is 25.6 Å². The lowest BCUT2D eigenvalue weighted by Crippen LogP contribution is -2.53. The molecule has 1 aromatic rings. The molecule has 0 saturated carbocycles. The summed E-state index contributed by atoms with van der Waals surface area (Å²) in [6.45, 7) is 7.06. The number of morpholine rings is 1. The van der Waals surface area contributed by atoms with E-state index in [-0.39, 0.29) is 11.9 Å². The van der Waals surface area contributed by atoms with E-state index < -0.39 is 0 Å². The van der Waals surface area contributed by atoms with Gasteiger partial charge >= 0.3 is 0 Å². The van der Waals surface area contributed by atoms with Gasteiger partial charge in [0.1, 0.15) is 6.04 Å². The minimum atomic E-state index is -0.231. The molecule has 1 aliphatic heterocycles. The summed E-state index contributed by atoms with van der Waals surface area (Å²) in [7, 11) is 1.93. The number of likely N-dealkylation sites (N-methyl/N-ethyl adjacent to an activating group) is 1. The zero-order valence-electron chi connectivity index (χ0n) is 12.1. The number of aromatic nitrogens is 2. The molecule has 1 unspecified atom stereocenters. The summed E-state index contributed by atoms with van der Waals surface area (Å²) in [4.78, 5) is 14.3. The quantitative estimate of drug-likeness (QED) is 0.878. The van der Waals surface area contributed by atoms with Gasteiger partial charge in [0.05, 0.1) is 29.1 Å². The fourth-order valence-corrected chi connectivity index (χ4v) is 2.87. The first-order chi connectivity index (χ1) is 9.54. The van der Waals surface area contributed by atoms with Gasteiger partial charge in [-0.25, -0.2) is 0 Å². The van der Waals surface area contributed by atoms with Crippen LogP contribution < -0.4 is 5.32 Å². The maximum Gasteiger partial charge on any atom is 0.239 e. The Kier molecular flexibility index (Phi) is 5.17. The SMILES string of the molecule is CCNC(=O)C1COCCN1Cc1c(Br)c(C)nn1C. The number of nitrogens with one attached hydrogen (secondary N) is 1. The largest absolute Gasteiger partial charge is 0.378 e. The Hall–Kier alpha value is -0.920. The fraction of sp³-hybridized carbons (Fsp3) is 0.692. The molecule has 1 N–H and O–H groups in total. The first-order valence-corrected chi connectivity index (χ1v) is 7.61. The van der Waals surface area contributed by atoms with Crippen molar-refractivity contribution in [3.8, 4) is 0 Å². The summed E-state index contributed by atoms with van der Waals surface area (Å²) in [5.41, 5.74) is 2.05. The molecule has 112 valence electrons. The van der Waals surface area contributed by atoms with Crippen LogP contribution in [0.15, 0.2) is 4.47 Å².